The molecule has 0 saturated heterocycles. The Hall–Kier alpha value is -0.860. The maximum absolute atomic E-state index is 11.5. The molecule has 0 bridgehead atoms. The van der Waals surface area contributed by atoms with Gasteiger partial charge in [0.15, 0.2) is 0 Å². The highest BCUT2D eigenvalue weighted by atomic mass is 16.5. The number of rotatable bonds is 2. The molecule has 0 aromatic rings. The van der Waals surface area contributed by atoms with Crippen molar-refractivity contribution < 1.29 is 14.3 Å². The van der Waals surface area contributed by atoms with Crippen molar-refractivity contribution in [3.63, 3.8) is 0 Å². The van der Waals surface area contributed by atoms with Crippen molar-refractivity contribution in [2.24, 2.45) is 5.92 Å². The van der Waals surface area contributed by atoms with Crippen molar-refractivity contribution in [2.45, 2.75) is 38.5 Å². The van der Waals surface area contributed by atoms with Gasteiger partial charge < -0.3 is 4.74 Å². The fourth-order valence-corrected chi connectivity index (χ4v) is 1.73. The van der Waals surface area contributed by atoms with E-state index in [0.717, 1.165) is 25.7 Å². The number of hydrogen-bond acceptors (Lipinski definition) is 3. The van der Waals surface area contributed by atoms with Gasteiger partial charge in [-0.3, -0.25) is 9.59 Å². The summed E-state index contributed by atoms with van der Waals surface area (Å²) in [5.74, 6) is -0.0990. The van der Waals surface area contributed by atoms with Crippen LogP contribution >= 0.6 is 0 Å². The second-order valence-corrected chi connectivity index (χ2v) is 3.54. The molecule has 1 fully saturated rings. The molecule has 0 N–H and O–H groups in total. The molecule has 0 aliphatic heterocycles. The molecule has 0 aromatic heterocycles. The summed E-state index contributed by atoms with van der Waals surface area (Å²) in [6.45, 7) is 0. The van der Waals surface area contributed by atoms with Crippen molar-refractivity contribution in [1.29, 1.82) is 0 Å². The van der Waals surface area contributed by atoms with Crippen LogP contribution in [0.4, 0.5) is 0 Å². The average Bonchev–Trinajstić information content (AvgIpc) is 2.32. The van der Waals surface area contributed by atoms with Crippen LogP contribution in [0.1, 0.15) is 38.5 Å². The summed E-state index contributed by atoms with van der Waals surface area (Å²) in [5.41, 5.74) is 0. The SMILES string of the molecule is COC(=O)C[C@H]1CCCCCC1=O. The molecule has 13 heavy (non-hydrogen) atoms. The number of Topliss-reactive ketones (excluding diaryl/α,β-unsaturated/α-hetero) is 1. The van der Waals surface area contributed by atoms with Crippen molar-refractivity contribution >= 4 is 11.8 Å². The molecule has 1 aliphatic carbocycles. The van der Waals surface area contributed by atoms with Gasteiger partial charge in [-0.1, -0.05) is 12.8 Å². The number of ether oxygens (including phenoxy) is 1. The van der Waals surface area contributed by atoms with Gasteiger partial charge in [-0.05, 0) is 12.8 Å². The summed E-state index contributed by atoms with van der Waals surface area (Å²) < 4.78 is 4.55. The van der Waals surface area contributed by atoms with Crippen molar-refractivity contribution in [3.8, 4) is 0 Å². The predicted molar refractivity (Wildman–Crippen MR) is 48.2 cm³/mol. The zero-order valence-corrected chi connectivity index (χ0v) is 8.04. The standard InChI is InChI=1S/C10H16O3/c1-13-10(12)7-8-5-3-2-4-6-9(8)11/h8H,2-7H2,1H3/t8-/m1/s1. The fraction of sp³-hybridized carbons (Fsp3) is 0.800. The quantitative estimate of drug-likeness (QED) is 0.484. The topological polar surface area (TPSA) is 43.4 Å². The van der Waals surface area contributed by atoms with Gasteiger partial charge in [0.25, 0.3) is 0 Å². The second-order valence-electron chi connectivity index (χ2n) is 3.54. The Morgan fingerprint density at radius 3 is 2.92 bits per heavy atom. The van der Waals surface area contributed by atoms with E-state index in [9.17, 15) is 9.59 Å². The molecule has 1 saturated carbocycles. The lowest BCUT2D eigenvalue weighted by Crippen LogP contribution is -2.17. The molecule has 1 aliphatic rings. The summed E-state index contributed by atoms with van der Waals surface area (Å²) in [7, 11) is 1.36. The average molecular weight is 184 g/mol. The van der Waals surface area contributed by atoms with Gasteiger partial charge >= 0.3 is 5.97 Å². The highest BCUT2D eigenvalue weighted by Gasteiger charge is 2.23. The third-order valence-corrected chi connectivity index (χ3v) is 2.57. The van der Waals surface area contributed by atoms with Crippen molar-refractivity contribution in [2.75, 3.05) is 7.11 Å². The fourth-order valence-electron chi connectivity index (χ4n) is 1.73. The van der Waals surface area contributed by atoms with Gasteiger partial charge in [-0.15, -0.1) is 0 Å². The van der Waals surface area contributed by atoms with Gasteiger partial charge in [0.2, 0.25) is 0 Å². The minimum atomic E-state index is -0.264. The zero-order valence-electron chi connectivity index (χ0n) is 8.04. The van der Waals surface area contributed by atoms with Crippen LogP contribution in [-0.4, -0.2) is 18.9 Å². The predicted octanol–water partition coefficient (Wildman–Crippen LogP) is 1.70. The minimum Gasteiger partial charge on any atom is -0.469 e. The first kappa shape index (κ1) is 10.2. The first-order chi connectivity index (χ1) is 6.24. The van der Waals surface area contributed by atoms with E-state index in [0.29, 0.717) is 6.42 Å². The lowest BCUT2D eigenvalue weighted by molar-refractivity contribution is -0.143. The molecule has 0 unspecified atom stereocenters. The molecular formula is C10H16O3. The maximum Gasteiger partial charge on any atom is 0.306 e. The molecule has 3 heteroatoms. The summed E-state index contributed by atoms with van der Waals surface area (Å²) in [6.07, 6.45) is 4.93. The van der Waals surface area contributed by atoms with Crippen LogP contribution in [0.5, 0.6) is 0 Å². The molecule has 1 atom stereocenters. The highest BCUT2D eigenvalue weighted by Crippen LogP contribution is 2.22. The number of esters is 1. The summed E-state index contributed by atoms with van der Waals surface area (Å²) in [4.78, 5) is 22.4. The summed E-state index contributed by atoms with van der Waals surface area (Å²) in [6, 6.07) is 0. The number of ketones is 1. The van der Waals surface area contributed by atoms with E-state index in [1.54, 1.807) is 0 Å². The second kappa shape index (κ2) is 5.00. The molecule has 0 radical (unpaired) electrons. The van der Waals surface area contributed by atoms with Gasteiger partial charge in [0.05, 0.1) is 13.5 Å². The van der Waals surface area contributed by atoms with Gasteiger partial charge in [0.1, 0.15) is 5.78 Å². The van der Waals surface area contributed by atoms with E-state index in [1.165, 1.54) is 7.11 Å². The molecule has 0 amide bonds. The molecule has 3 nitrogen and oxygen atoms in total. The summed E-state index contributed by atoms with van der Waals surface area (Å²) >= 11 is 0. The molecule has 0 aromatic carbocycles. The van der Waals surface area contributed by atoms with E-state index in [-0.39, 0.29) is 24.1 Å². The maximum atomic E-state index is 11.5. The van der Waals surface area contributed by atoms with Crippen LogP contribution in [0.2, 0.25) is 0 Å². The van der Waals surface area contributed by atoms with Crippen LogP contribution in [0.15, 0.2) is 0 Å². The van der Waals surface area contributed by atoms with Crippen molar-refractivity contribution in [1.82, 2.24) is 0 Å². The largest absolute Gasteiger partial charge is 0.469 e. The number of carbonyl (C=O) groups excluding carboxylic acids is 2. The van der Waals surface area contributed by atoms with Crippen LogP contribution in [0.3, 0.4) is 0 Å². The molecule has 0 heterocycles. The zero-order chi connectivity index (χ0) is 9.68. The number of methoxy groups -OCH3 is 1. The van der Waals surface area contributed by atoms with E-state index in [1.807, 2.05) is 0 Å². The van der Waals surface area contributed by atoms with Crippen molar-refractivity contribution in [3.05, 3.63) is 0 Å². The van der Waals surface area contributed by atoms with Crippen LogP contribution < -0.4 is 0 Å². The van der Waals surface area contributed by atoms with Crippen LogP contribution in [-0.2, 0) is 14.3 Å². The van der Waals surface area contributed by atoms with Crippen LogP contribution in [0.25, 0.3) is 0 Å². The van der Waals surface area contributed by atoms with E-state index in [2.05, 4.69) is 4.74 Å². The molecule has 1 rings (SSSR count). The third kappa shape index (κ3) is 3.17. The van der Waals surface area contributed by atoms with Gasteiger partial charge in [-0.2, -0.15) is 0 Å². The lowest BCUT2D eigenvalue weighted by atomic mass is 9.95. The Bertz CT molecular complexity index is 198. The molecular weight excluding hydrogens is 168 g/mol. The highest BCUT2D eigenvalue weighted by molar-refractivity contribution is 5.85. The summed E-state index contributed by atoms with van der Waals surface area (Å²) in [5, 5.41) is 0. The Kier molecular flexibility index (Phi) is 3.93. The lowest BCUT2D eigenvalue weighted by Gasteiger charge is -2.10. The Labute approximate surface area is 78.5 Å². The first-order valence-electron chi connectivity index (χ1n) is 4.83. The smallest absolute Gasteiger partial charge is 0.306 e. The minimum absolute atomic E-state index is 0.0741. The Morgan fingerprint density at radius 2 is 2.23 bits per heavy atom. The molecule has 74 valence electrons. The van der Waals surface area contributed by atoms with Gasteiger partial charge in [0, 0.05) is 12.3 Å². The van der Waals surface area contributed by atoms with E-state index < -0.39 is 0 Å². The third-order valence-electron chi connectivity index (χ3n) is 2.57. The number of carbonyl (C=O) groups is 2. The first-order valence-corrected chi connectivity index (χ1v) is 4.83. The Balaban J connectivity index is 2.45. The normalized spacial score (nSPS) is 23.8. The van der Waals surface area contributed by atoms with E-state index >= 15 is 0 Å². The van der Waals surface area contributed by atoms with E-state index in [4.69, 9.17) is 0 Å². The molecule has 0 spiro atoms. The number of hydrogen-bond donors (Lipinski definition) is 0. The Morgan fingerprint density at radius 1 is 1.46 bits per heavy atom. The van der Waals surface area contributed by atoms with Gasteiger partial charge in [-0.25, -0.2) is 0 Å². The monoisotopic (exact) mass is 184 g/mol. The van der Waals surface area contributed by atoms with Crippen LogP contribution in [0, 0.1) is 5.92 Å².